The van der Waals surface area contributed by atoms with Gasteiger partial charge in [-0.2, -0.15) is 0 Å². The molecular formula is C6H14N3. The van der Waals surface area contributed by atoms with Gasteiger partial charge in [-0.25, -0.2) is 5.32 Å². The molecular weight excluding hydrogens is 114 g/mol. The van der Waals surface area contributed by atoms with Gasteiger partial charge in [-0.1, -0.05) is 0 Å². The molecule has 1 atom stereocenters. The smallest absolute Gasteiger partial charge is 0.0288 e. The number of rotatable bonds is 2. The van der Waals surface area contributed by atoms with Crippen molar-refractivity contribution in [1.82, 2.24) is 10.6 Å². The van der Waals surface area contributed by atoms with Gasteiger partial charge < -0.3 is 11.1 Å². The van der Waals surface area contributed by atoms with Crippen molar-refractivity contribution in [1.29, 1.82) is 0 Å². The first-order chi connectivity index (χ1) is 4.43. The molecule has 0 aromatic carbocycles. The summed E-state index contributed by atoms with van der Waals surface area (Å²) in [6.45, 7) is 3.73. The van der Waals surface area contributed by atoms with Crippen LogP contribution in [0.4, 0.5) is 0 Å². The Labute approximate surface area is 56.0 Å². The van der Waals surface area contributed by atoms with Crippen LogP contribution in [0, 0.1) is 0 Å². The zero-order valence-corrected chi connectivity index (χ0v) is 5.64. The van der Waals surface area contributed by atoms with E-state index in [1.807, 2.05) is 0 Å². The van der Waals surface area contributed by atoms with Gasteiger partial charge in [0.25, 0.3) is 0 Å². The predicted molar refractivity (Wildman–Crippen MR) is 37.3 cm³/mol. The second kappa shape index (κ2) is 3.82. The summed E-state index contributed by atoms with van der Waals surface area (Å²) in [6, 6.07) is 0.559. The van der Waals surface area contributed by atoms with Gasteiger partial charge in [0.2, 0.25) is 0 Å². The van der Waals surface area contributed by atoms with Crippen LogP contribution in [0.5, 0.6) is 0 Å². The molecule has 1 unspecified atom stereocenters. The Bertz CT molecular complexity index is 65.9. The maximum absolute atomic E-state index is 5.38. The SMILES string of the molecule is NCCC1C[N]CCN1. The number of hydrogen-bond donors (Lipinski definition) is 2. The van der Waals surface area contributed by atoms with Crippen LogP contribution in [-0.2, 0) is 0 Å². The van der Waals surface area contributed by atoms with Crippen molar-refractivity contribution in [2.24, 2.45) is 5.73 Å². The molecule has 0 spiro atoms. The second-order valence-corrected chi connectivity index (χ2v) is 2.36. The summed E-state index contributed by atoms with van der Waals surface area (Å²) < 4.78 is 0. The Morgan fingerprint density at radius 3 is 3.11 bits per heavy atom. The van der Waals surface area contributed by atoms with Gasteiger partial charge in [-0.15, -0.1) is 0 Å². The molecule has 1 aliphatic heterocycles. The molecule has 0 saturated carbocycles. The molecule has 3 heteroatoms. The summed E-state index contributed by atoms with van der Waals surface area (Å²) in [6.07, 6.45) is 1.06. The molecule has 0 amide bonds. The lowest BCUT2D eigenvalue weighted by molar-refractivity contribution is 0.398. The van der Waals surface area contributed by atoms with Crippen molar-refractivity contribution in [2.75, 3.05) is 26.2 Å². The number of piperazine rings is 1. The van der Waals surface area contributed by atoms with Crippen LogP contribution in [-0.4, -0.2) is 32.2 Å². The molecule has 3 nitrogen and oxygen atoms in total. The van der Waals surface area contributed by atoms with Crippen LogP contribution in [0.3, 0.4) is 0 Å². The largest absolute Gasteiger partial charge is 0.330 e. The highest BCUT2D eigenvalue weighted by atomic mass is 15.1. The third kappa shape index (κ3) is 2.30. The van der Waals surface area contributed by atoms with E-state index >= 15 is 0 Å². The second-order valence-electron chi connectivity index (χ2n) is 2.36. The summed E-state index contributed by atoms with van der Waals surface area (Å²) in [5.41, 5.74) is 5.38. The Hall–Kier alpha value is -0.120. The lowest BCUT2D eigenvalue weighted by atomic mass is 10.2. The summed E-state index contributed by atoms with van der Waals surface area (Å²) in [7, 11) is 0. The van der Waals surface area contributed by atoms with E-state index in [4.69, 9.17) is 5.73 Å². The van der Waals surface area contributed by atoms with Gasteiger partial charge in [-0.05, 0) is 13.0 Å². The Morgan fingerprint density at radius 1 is 1.67 bits per heavy atom. The molecule has 3 N–H and O–H groups in total. The fraction of sp³-hybridized carbons (Fsp3) is 1.00. The van der Waals surface area contributed by atoms with Gasteiger partial charge in [0, 0.05) is 25.7 Å². The maximum Gasteiger partial charge on any atom is 0.0288 e. The third-order valence-corrected chi connectivity index (χ3v) is 1.57. The van der Waals surface area contributed by atoms with Crippen LogP contribution in [0.1, 0.15) is 6.42 Å². The van der Waals surface area contributed by atoms with E-state index < -0.39 is 0 Å². The van der Waals surface area contributed by atoms with Crippen LogP contribution in [0.25, 0.3) is 0 Å². The highest BCUT2D eigenvalue weighted by Crippen LogP contribution is 1.91. The van der Waals surface area contributed by atoms with Gasteiger partial charge >= 0.3 is 0 Å². The minimum absolute atomic E-state index is 0.559. The molecule has 0 aromatic rings. The summed E-state index contributed by atoms with van der Waals surface area (Å²) in [4.78, 5) is 0. The van der Waals surface area contributed by atoms with E-state index in [1.165, 1.54) is 0 Å². The van der Waals surface area contributed by atoms with Crippen molar-refractivity contribution in [3.63, 3.8) is 0 Å². The van der Waals surface area contributed by atoms with E-state index in [9.17, 15) is 0 Å². The van der Waals surface area contributed by atoms with Crippen molar-refractivity contribution in [3.8, 4) is 0 Å². The summed E-state index contributed by atoms with van der Waals surface area (Å²) >= 11 is 0. The van der Waals surface area contributed by atoms with E-state index in [1.54, 1.807) is 0 Å². The van der Waals surface area contributed by atoms with E-state index in [2.05, 4.69) is 10.6 Å². The van der Waals surface area contributed by atoms with Crippen LogP contribution in [0.15, 0.2) is 0 Å². The first-order valence-corrected chi connectivity index (χ1v) is 3.50. The van der Waals surface area contributed by atoms with Crippen molar-refractivity contribution >= 4 is 0 Å². The average Bonchev–Trinajstić information content (AvgIpc) is 1.91. The standard InChI is InChI=1S/C6H14N3/c7-2-1-6-5-8-3-4-9-6/h6,9H,1-5,7H2. The lowest BCUT2D eigenvalue weighted by Crippen LogP contribution is -2.45. The van der Waals surface area contributed by atoms with Crippen LogP contribution in [0.2, 0.25) is 0 Å². The van der Waals surface area contributed by atoms with E-state index in [-0.39, 0.29) is 0 Å². The maximum atomic E-state index is 5.38. The zero-order valence-electron chi connectivity index (χ0n) is 5.64. The normalized spacial score (nSPS) is 28.3. The van der Waals surface area contributed by atoms with Gasteiger partial charge in [0.15, 0.2) is 0 Å². The van der Waals surface area contributed by atoms with Crippen molar-refractivity contribution in [3.05, 3.63) is 0 Å². The fourth-order valence-electron chi connectivity index (χ4n) is 1.05. The molecule has 1 heterocycles. The van der Waals surface area contributed by atoms with Gasteiger partial charge in [0.1, 0.15) is 0 Å². The molecule has 1 fully saturated rings. The predicted octanol–water partition coefficient (Wildman–Crippen LogP) is -1.09. The topological polar surface area (TPSA) is 52.2 Å². The number of hydrogen-bond acceptors (Lipinski definition) is 2. The van der Waals surface area contributed by atoms with Crippen molar-refractivity contribution in [2.45, 2.75) is 12.5 Å². The Balaban J connectivity index is 2.08. The van der Waals surface area contributed by atoms with Crippen molar-refractivity contribution < 1.29 is 0 Å². The molecule has 1 rings (SSSR count). The lowest BCUT2D eigenvalue weighted by Gasteiger charge is -2.22. The zero-order chi connectivity index (χ0) is 6.53. The molecule has 0 bridgehead atoms. The van der Waals surface area contributed by atoms with Gasteiger partial charge in [0.05, 0.1) is 0 Å². The number of nitrogens with two attached hydrogens (primary N) is 1. The minimum atomic E-state index is 0.559. The number of nitrogens with zero attached hydrogens (tertiary/aromatic N) is 1. The molecule has 0 aromatic heterocycles. The van der Waals surface area contributed by atoms with Crippen LogP contribution < -0.4 is 16.4 Å². The van der Waals surface area contributed by atoms with E-state index in [0.29, 0.717) is 6.04 Å². The summed E-state index contributed by atoms with van der Waals surface area (Å²) in [5.74, 6) is 0. The van der Waals surface area contributed by atoms with E-state index in [0.717, 1.165) is 32.6 Å². The molecule has 0 aliphatic carbocycles. The Morgan fingerprint density at radius 2 is 2.56 bits per heavy atom. The van der Waals surface area contributed by atoms with Gasteiger partial charge in [-0.3, -0.25) is 0 Å². The Kier molecular flexibility index (Phi) is 2.97. The monoisotopic (exact) mass is 128 g/mol. The number of nitrogens with one attached hydrogen (secondary N) is 1. The first kappa shape index (κ1) is 6.99. The highest BCUT2D eigenvalue weighted by molar-refractivity contribution is 4.74. The molecule has 9 heavy (non-hydrogen) atoms. The fourth-order valence-corrected chi connectivity index (χ4v) is 1.05. The molecule has 1 radical (unpaired) electrons. The highest BCUT2D eigenvalue weighted by Gasteiger charge is 2.10. The summed E-state index contributed by atoms with van der Waals surface area (Å²) in [5, 5.41) is 7.61. The first-order valence-electron chi connectivity index (χ1n) is 3.50. The minimum Gasteiger partial charge on any atom is -0.330 e. The molecule has 1 aliphatic rings. The third-order valence-electron chi connectivity index (χ3n) is 1.57. The average molecular weight is 128 g/mol. The quantitative estimate of drug-likeness (QED) is 0.496. The molecule has 53 valence electrons. The molecule has 1 saturated heterocycles. The van der Waals surface area contributed by atoms with Crippen LogP contribution >= 0.6 is 0 Å².